The molecule has 6 nitrogen and oxygen atoms in total. The number of hydrogen-bond acceptors (Lipinski definition) is 4. The molecule has 2 amide bonds. The van der Waals surface area contributed by atoms with E-state index in [1.54, 1.807) is 12.1 Å². The van der Waals surface area contributed by atoms with Gasteiger partial charge in [-0.05, 0) is 30.9 Å². The number of hydrazone groups is 1. The molecule has 6 heteroatoms. The molecule has 0 aromatic carbocycles. The first-order valence-electron chi connectivity index (χ1n) is 6.57. The summed E-state index contributed by atoms with van der Waals surface area (Å²) in [5.41, 5.74) is 3.27. The highest BCUT2D eigenvalue weighted by molar-refractivity contribution is 6.35. The van der Waals surface area contributed by atoms with Crippen LogP contribution in [-0.2, 0) is 16.1 Å². The van der Waals surface area contributed by atoms with Crippen molar-refractivity contribution in [2.24, 2.45) is 16.9 Å². The van der Waals surface area contributed by atoms with Crippen molar-refractivity contribution in [3.63, 3.8) is 0 Å². The molecule has 0 radical (unpaired) electrons. The normalized spacial score (nSPS) is 25.1. The highest BCUT2D eigenvalue weighted by atomic mass is 16.3. The Morgan fingerprint density at radius 3 is 3.05 bits per heavy atom. The molecule has 2 atom stereocenters. The van der Waals surface area contributed by atoms with Crippen molar-refractivity contribution in [3.8, 4) is 0 Å². The van der Waals surface area contributed by atoms with E-state index >= 15 is 0 Å². The molecule has 20 heavy (non-hydrogen) atoms. The van der Waals surface area contributed by atoms with Gasteiger partial charge >= 0.3 is 11.8 Å². The van der Waals surface area contributed by atoms with Gasteiger partial charge in [0.15, 0.2) is 0 Å². The third kappa shape index (κ3) is 2.49. The highest BCUT2D eigenvalue weighted by Gasteiger charge is 2.38. The zero-order valence-electron chi connectivity index (χ0n) is 10.8. The number of carbonyl (C=O) groups is 2. The number of rotatable bonds is 3. The van der Waals surface area contributed by atoms with Crippen LogP contribution in [0.5, 0.6) is 0 Å². The van der Waals surface area contributed by atoms with Crippen LogP contribution in [-0.4, -0.2) is 17.5 Å². The maximum Gasteiger partial charge on any atom is 0.329 e. The molecule has 2 unspecified atom stereocenters. The van der Waals surface area contributed by atoms with Gasteiger partial charge in [-0.3, -0.25) is 9.59 Å². The molecular weight excluding hydrogens is 258 g/mol. The minimum absolute atomic E-state index is 0.185. The van der Waals surface area contributed by atoms with Gasteiger partial charge in [0.2, 0.25) is 0 Å². The Kier molecular flexibility index (Phi) is 3.37. The number of fused-ring (bicyclic) bond motifs is 1. The lowest BCUT2D eigenvalue weighted by molar-refractivity contribution is -0.139. The lowest BCUT2D eigenvalue weighted by atomic mass is 9.74. The van der Waals surface area contributed by atoms with Crippen LogP contribution in [0.15, 0.2) is 40.1 Å². The maximum absolute atomic E-state index is 11.6. The Balaban J connectivity index is 1.45. The molecule has 1 aromatic heterocycles. The lowest BCUT2D eigenvalue weighted by Gasteiger charge is -2.31. The van der Waals surface area contributed by atoms with Crippen molar-refractivity contribution >= 4 is 17.5 Å². The monoisotopic (exact) mass is 273 g/mol. The maximum atomic E-state index is 11.6. The van der Waals surface area contributed by atoms with Crippen molar-refractivity contribution < 1.29 is 14.0 Å². The average molecular weight is 273 g/mol. The van der Waals surface area contributed by atoms with Crippen molar-refractivity contribution in [1.29, 1.82) is 0 Å². The number of allylic oxidation sites excluding steroid dienone is 2. The van der Waals surface area contributed by atoms with Gasteiger partial charge in [-0.25, -0.2) is 5.43 Å². The largest absolute Gasteiger partial charge is 0.467 e. The fourth-order valence-electron chi connectivity index (χ4n) is 2.50. The summed E-state index contributed by atoms with van der Waals surface area (Å²) in [6.07, 6.45) is 7.67. The zero-order chi connectivity index (χ0) is 13.9. The van der Waals surface area contributed by atoms with Gasteiger partial charge in [-0.1, -0.05) is 12.2 Å². The average Bonchev–Trinajstić information content (AvgIpc) is 3.06. The number of furan rings is 1. The van der Waals surface area contributed by atoms with E-state index in [0.29, 0.717) is 17.6 Å². The van der Waals surface area contributed by atoms with E-state index in [1.165, 1.54) is 6.26 Å². The predicted octanol–water partition coefficient (Wildman–Crippen LogP) is 0.964. The molecule has 2 aliphatic carbocycles. The van der Waals surface area contributed by atoms with Gasteiger partial charge < -0.3 is 9.73 Å². The summed E-state index contributed by atoms with van der Waals surface area (Å²) >= 11 is 0. The highest BCUT2D eigenvalue weighted by Crippen LogP contribution is 2.39. The van der Waals surface area contributed by atoms with Crippen LogP contribution in [0.3, 0.4) is 0 Å². The summed E-state index contributed by atoms with van der Waals surface area (Å²) in [7, 11) is 0. The van der Waals surface area contributed by atoms with E-state index in [1.807, 2.05) is 0 Å². The number of nitrogens with zero attached hydrogens (tertiary/aromatic N) is 1. The van der Waals surface area contributed by atoms with Gasteiger partial charge in [0.25, 0.3) is 0 Å². The summed E-state index contributed by atoms with van der Waals surface area (Å²) in [6, 6.07) is 3.44. The molecule has 0 spiro atoms. The Bertz CT molecular complexity index is 574. The Hall–Kier alpha value is -2.37. The predicted molar refractivity (Wildman–Crippen MR) is 71.5 cm³/mol. The van der Waals surface area contributed by atoms with Crippen LogP contribution in [0.4, 0.5) is 0 Å². The Morgan fingerprint density at radius 2 is 2.30 bits per heavy atom. The van der Waals surface area contributed by atoms with Crippen LogP contribution in [0.25, 0.3) is 0 Å². The second-order valence-corrected chi connectivity index (χ2v) is 4.94. The van der Waals surface area contributed by atoms with Crippen molar-refractivity contribution in [3.05, 3.63) is 36.3 Å². The molecule has 1 fully saturated rings. The number of nitrogens with one attached hydrogen (secondary N) is 2. The van der Waals surface area contributed by atoms with Crippen molar-refractivity contribution in [2.45, 2.75) is 19.4 Å². The Labute approximate surface area is 115 Å². The summed E-state index contributed by atoms with van der Waals surface area (Å²) < 4.78 is 5.05. The molecular formula is C14H15N3O3. The van der Waals surface area contributed by atoms with Gasteiger partial charge in [-0.15, -0.1) is 0 Å². The van der Waals surface area contributed by atoms with E-state index < -0.39 is 11.8 Å². The molecule has 2 N–H and O–H groups in total. The van der Waals surface area contributed by atoms with Gasteiger partial charge in [-0.2, -0.15) is 5.10 Å². The van der Waals surface area contributed by atoms with Crippen LogP contribution in [0, 0.1) is 11.8 Å². The third-order valence-corrected chi connectivity index (χ3v) is 3.67. The number of amides is 2. The molecule has 1 saturated carbocycles. The van der Waals surface area contributed by atoms with Crippen LogP contribution < -0.4 is 10.7 Å². The van der Waals surface area contributed by atoms with E-state index in [4.69, 9.17) is 4.42 Å². The third-order valence-electron chi connectivity index (χ3n) is 3.67. The quantitative estimate of drug-likeness (QED) is 0.489. The van der Waals surface area contributed by atoms with Crippen LogP contribution in [0.2, 0.25) is 0 Å². The lowest BCUT2D eigenvalue weighted by Crippen LogP contribution is -2.40. The summed E-state index contributed by atoms with van der Waals surface area (Å²) in [5, 5.41) is 6.50. The fraction of sp³-hybridized carbons (Fsp3) is 0.357. The van der Waals surface area contributed by atoms with Gasteiger partial charge in [0.1, 0.15) is 5.76 Å². The fourth-order valence-corrected chi connectivity index (χ4v) is 2.50. The van der Waals surface area contributed by atoms with Crippen molar-refractivity contribution in [2.75, 3.05) is 0 Å². The molecule has 0 saturated heterocycles. The molecule has 104 valence electrons. The summed E-state index contributed by atoms with van der Waals surface area (Å²) in [4.78, 5) is 23.1. The summed E-state index contributed by atoms with van der Waals surface area (Å²) in [5.74, 6) is 0.112. The standard InChI is InChI=1S/C14H15N3O3/c18-13(15-8-10-4-2-6-20-10)14(19)17-16-12-7-9-3-1-5-11(9)12/h1-4,6,9,11H,5,7-8H2,(H,15,18)(H,17,19). The van der Waals surface area contributed by atoms with Crippen LogP contribution >= 0.6 is 0 Å². The molecule has 2 aliphatic rings. The second kappa shape index (κ2) is 5.32. The van der Waals surface area contributed by atoms with E-state index in [0.717, 1.165) is 18.6 Å². The second-order valence-electron chi connectivity index (χ2n) is 4.94. The van der Waals surface area contributed by atoms with Gasteiger partial charge in [0, 0.05) is 11.6 Å². The number of hydrogen-bond donors (Lipinski definition) is 2. The SMILES string of the molecule is O=C(NCc1ccco1)C(=O)NN=C1CC2C=CCC12. The number of carbonyl (C=O) groups excluding carboxylic acids is 2. The van der Waals surface area contributed by atoms with Crippen molar-refractivity contribution in [1.82, 2.24) is 10.7 Å². The minimum atomic E-state index is -0.751. The first-order chi connectivity index (χ1) is 9.74. The van der Waals surface area contributed by atoms with E-state index in [2.05, 4.69) is 28.0 Å². The molecule has 3 rings (SSSR count). The van der Waals surface area contributed by atoms with Crippen LogP contribution in [0.1, 0.15) is 18.6 Å². The molecule has 1 heterocycles. The first kappa shape index (κ1) is 12.7. The topological polar surface area (TPSA) is 83.7 Å². The molecule has 0 bridgehead atoms. The molecule has 0 aliphatic heterocycles. The Morgan fingerprint density at radius 1 is 1.40 bits per heavy atom. The molecule has 1 aromatic rings. The zero-order valence-corrected chi connectivity index (χ0v) is 10.8. The van der Waals surface area contributed by atoms with E-state index in [9.17, 15) is 9.59 Å². The first-order valence-corrected chi connectivity index (χ1v) is 6.57. The van der Waals surface area contributed by atoms with E-state index in [-0.39, 0.29) is 6.54 Å². The summed E-state index contributed by atoms with van der Waals surface area (Å²) in [6.45, 7) is 0.185. The minimum Gasteiger partial charge on any atom is -0.467 e. The van der Waals surface area contributed by atoms with Gasteiger partial charge in [0.05, 0.1) is 12.8 Å². The smallest absolute Gasteiger partial charge is 0.329 e.